The van der Waals surface area contributed by atoms with E-state index in [1.807, 2.05) is 24.3 Å². The smallest absolute Gasteiger partial charge is 0.280 e. The summed E-state index contributed by atoms with van der Waals surface area (Å²) in [6.07, 6.45) is 4.08. The van der Waals surface area contributed by atoms with Crippen molar-refractivity contribution >= 4 is 10.2 Å². The first-order valence-electron chi connectivity index (χ1n) is 7.51. The fraction of sp³-hybridized carbons (Fsp3) is 0.600. The van der Waals surface area contributed by atoms with Crippen LogP contribution in [0.5, 0.6) is 5.75 Å². The minimum absolute atomic E-state index is 0.124. The van der Waals surface area contributed by atoms with Gasteiger partial charge in [-0.2, -0.15) is 17.4 Å². The predicted molar refractivity (Wildman–Crippen MR) is 81.3 cm³/mol. The molecule has 1 N–H and O–H groups in total. The van der Waals surface area contributed by atoms with Crippen molar-refractivity contribution in [2.45, 2.75) is 31.7 Å². The Morgan fingerprint density at radius 2 is 1.81 bits per heavy atom. The molecule has 1 atom stereocenters. The fourth-order valence-electron chi connectivity index (χ4n) is 2.84. The monoisotopic (exact) mass is 310 g/mol. The fourth-order valence-corrected chi connectivity index (χ4v) is 4.38. The van der Waals surface area contributed by atoms with Crippen LogP contribution in [0.15, 0.2) is 24.3 Å². The molecular formula is C15H22N2O3S. The lowest BCUT2D eigenvalue weighted by atomic mass is 10.0. The molecule has 6 heteroatoms. The molecule has 1 aromatic carbocycles. The third-order valence-electron chi connectivity index (χ3n) is 4.25. The number of methoxy groups -OCH3 is 1. The first-order valence-corrected chi connectivity index (χ1v) is 8.95. The van der Waals surface area contributed by atoms with Crippen LogP contribution in [0.2, 0.25) is 0 Å². The summed E-state index contributed by atoms with van der Waals surface area (Å²) in [6.45, 7) is 1.27. The maximum absolute atomic E-state index is 12.5. The largest absolute Gasteiger partial charge is 0.497 e. The van der Waals surface area contributed by atoms with Gasteiger partial charge >= 0.3 is 0 Å². The highest BCUT2D eigenvalue weighted by molar-refractivity contribution is 7.87. The van der Waals surface area contributed by atoms with E-state index in [-0.39, 0.29) is 6.04 Å². The molecule has 116 valence electrons. The second-order valence-corrected chi connectivity index (χ2v) is 7.52. The standard InChI is InChI=1S/C15H22N2O3S/c1-20-14-8-6-13(7-9-14)15(12-4-5-12)16-21(18,19)17-10-2-3-11-17/h6-9,12,15-16H,2-5,10-11H2,1H3. The molecule has 0 aromatic heterocycles. The van der Waals surface area contributed by atoms with Crippen LogP contribution in [0, 0.1) is 5.92 Å². The molecule has 5 nitrogen and oxygen atoms in total. The van der Waals surface area contributed by atoms with Crippen molar-refractivity contribution < 1.29 is 13.2 Å². The molecule has 2 aliphatic rings. The molecule has 1 aromatic rings. The Morgan fingerprint density at radius 3 is 2.33 bits per heavy atom. The van der Waals surface area contributed by atoms with Gasteiger partial charge in [-0.25, -0.2) is 0 Å². The maximum atomic E-state index is 12.5. The van der Waals surface area contributed by atoms with Gasteiger partial charge in [-0.15, -0.1) is 0 Å². The molecule has 1 saturated heterocycles. The Bertz CT molecular complexity index is 575. The van der Waals surface area contributed by atoms with E-state index in [4.69, 9.17) is 4.74 Å². The van der Waals surface area contributed by atoms with Gasteiger partial charge < -0.3 is 4.74 Å². The lowest BCUT2D eigenvalue weighted by molar-refractivity contribution is 0.414. The van der Waals surface area contributed by atoms with Gasteiger partial charge in [0, 0.05) is 13.1 Å². The van der Waals surface area contributed by atoms with Gasteiger partial charge in [-0.1, -0.05) is 12.1 Å². The molecule has 2 fully saturated rings. The number of hydrogen-bond donors (Lipinski definition) is 1. The summed E-state index contributed by atoms with van der Waals surface area (Å²) in [5, 5.41) is 0. The summed E-state index contributed by atoms with van der Waals surface area (Å²) in [4.78, 5) is 0. The average Bonchev–Trinajstić information content (AvgIpc) is 3.17. The third-order valence-corrected chi connectivity index (χ3v) is 5.85. The Kier molecular flexibility index (Phi) is 4.19. The van der Waals surface area contributed by atoms with Gasteiger partial charge in [-0.3, -0.25) is 0 Å². The molecule has 21 heavy (non-hydrogen) atoms. The van der Waals surface area contributed by atoms with Gasteiger partial charge in [0.1, 0.15) is 5.75 Å². The summed E-state index contributed by atoms with van der Waals surface area (Å²) in [5.74, 6) is 1.20. The van der Waals surface area contributed by atoms with Crippen LogP contribution < -0.4 is 9.46 Å². The van der Waals surface area contributed by atoms with Crippen LogP contribution in [0.4, 0.5) is 0 Å². The molecule has 0 spiro atoms. The van der Waals surface area contributed by atoms with E-state index < -0.39 is 10.2 Å². The number of rotatable bonds is 6. The summed E-state index contributed by atoms with van der Waals surface area (Å²) in [7, 11) is -1.75. The number of ether oxygens (including phenoxy) is 1. The third kappa shape index (κ3) is 3.39. The van der Waals surface area contributed by atoms with Gasteiger partial charge in [0.2, 0.25) is 0 Å². The minimum atomic E-state index is -3.38. The van der Waals surface area contributed by atoms with E-state index in [9.17, 15) is 8.42 Å². The van der Waals surface area contributed by atoms with Crippen LogP contribution in [0.25, 0.3) is 0 Å². The van der Waals surface area contributed by atoms with Crippen molar-refractivity contribution in [2.75, 3.05) is 20.2 Å². The second kappa shape index (κ2) is 5.94. The molecule has 0 bridgehead atoms. The van der Waals surface area contributed by atoms with Crippen LogP contribution in [-0.4, -0.2) is 32.9 Å². The number of nitrogens with one attached hydrogen (secondary N) is 1. The van der Waals surface area contributed by atoms with E-state index in [1.165, 1.54) is 0 Å². The zero-order chi connectivity index (χ0) is 14.9. The summed E-state index contributed by atoms with van der Waals surface area (Å²) in [5.41, 5.74) is 1.01. The number of benzene rings is 1. The highest BCUT2D eigenvalue weighted by Crippen LogP contribution is 2.41. The highest BCUT2D eigenvalue weighted by atomic mass is 32.2. The molecule has 1 aliphatic heterocycles. The first kappa shape index (κ1) is 14.8. The van der Waals surface area contributed by atoms with Crippen molar-refractivity contribution in [1.82, 2.24) is 9.03 Å². The van der Waals surface area contributed by atoms with E-state index >= 15 is 0 Å². The van der Waals surface area contributed by atoms with E-state index in [1.54, 1.807) is 11.4 Å². The first-order chi connectivity index (χ1) is 10.1. The van der Waals surface area contributed by atoms with Crippen LogP contribution in [0.1, 0.15) is 37.3 Å². The normalized spacial score (nSPS) is 21.4. The van der Waals surface area contributed by atoms with Gasteiger partial charge in [0.15, 0.2) is 0 Å². The molecule has 1 aliphatic carbocycles. The summed E-state index contributed by atoms with van der Waals surface area (Å²) < 4.78 is 34.6. The predicted octanol–water partition coefficient (Wildman–Crippen LogP) is 2.08. The SMILES string of the molecule is COc1ccc(C(NS(=O)(=O)N2CCCC2)C2CC2)cc1. The van der Waals surface area contributed by atoms with Crippen LogP contribution in [-0.2, 0) is 10.2 Å². The molecule has 0 amide bonds. The zero-order valence-corrected chi connectivity index (χ0v) is 13.1. The Hall–Kier alpha value is -1.11. The summed E-state index contributed by atoms with van der Waals surface area (Å²) in [6, 6.07) is 7.55. The van der Waals surface area contributed by atoms with Crippen LogP contribution in [0.3, 0.4) is 0 Å². The number of nitrogens with zero attached hydrogens (tertiary/aromatic N) is 1. The van der Waals surface area contributed by atoms with Gasteiger partial charge in [0.25, 0.3) is 10.2 Å². The molecular weight excluding hydrogens is 288 g/mol. The molecule has 3 rings (SSSR count). The van der Waals surface area contributed by atoms with Crippen molar-refractivity contribution in [3.05, 3.63) is 29.8 Å². The molecule has 0 radical (unpaired) electrons. The minimum Gasteiger partial charge on any atom is -0.497 e. The Morgan fingerprint density at radius 1 is 1.19 bits per heavy atom. The lowest BCUT2D eigenvalue weighted by Gasteiger charge is -2.23. The van der Waals surface area contributed by atoms with Crippen molar-refractivity contribution in [1.29, 1.82) is 0 Å². The Labute approximate surface area is 126 Å². The molecule has 1 heterocycles. The van der Waals surface area contributed by atoms with Crippen LogP contribution >= 0.6 is 0 Å². The quantitative estimate of drug-likeness (QED) is 0.875. The van der Waals surface area contributed by atoms with Crippen molar-refractivity contribution in [2.24, 2.45) is 5.92 Å². The topological polar surface area (TPSA) is 58.6 Å². The Balaban J connectivity index is 1.78. The lowest BCUT2D eigenvalue weighted by Crippen LogP contribution is -2.41. The zero-order valence-electron chi connectivity index (χ0n) is 12.3. The maximum Gasteiger partial charge on any atom is 0.280 e. The highest BCUT2D eigenvalue weighted by Gasteiger charge is 2.37. The number of hydrogen-bond acceptors (Lipinski definition) is 3. The van der Waals surface area contributed by atoms with E-state index in [0.29, 0.717) is 19.0 Å². The van der Waals surface area contributed by atoms with Gasteiger partial charge in [0.05, 0.1) is 13.2 Å². The summed E-state index contributed by atoms with van der Waals surface area (Å²) >= 11 is 0. The van der Waals surface area contributed by atoms with Crippen molar-refractivity contribution in [3.8, 4) is 5.75 Å². The average molecular weight is 310 g/mol. The van der Waals surface area contributed by atoms with E-state index in [2.05, 4.69) is 4.72 Å². The molecule has 1 saturated carbocycles. The molecule has 1 unspecified atom stereocenters. The second-order valence-electron chi connectivity index (χ2n) is 5.82. The van der Waals surface area contributed by atoms with Gasteiger partial charge in [-0.05, 0) is 49.3 Å². The van der Waals surface area contributed by atoms with Crippen molar-refractivity contribution in [3.63, 3.8) is 0 Å². The van der Waals surface area contributed by atoms with E-state index in [0.717, 1.165) is 37.0 Å².